The Hall–Kier alpha value is -3.19. The molecule has 0 spiro atoms. The highest BCUT2D eigenvalue weighted by Gasteiger charge is 2.52. The van der Waals surface area contributed by atoms with Crippen LogP contribution in [0.1, 0.15) is 41.3 Å². The lowest BCUT2D eigenvalue weighted by molar-refractivity contribution is -0.128. The molecular formula is C26H27FN4O2. The summed E-state index contributed by atoms with van der Waals surface area (Å²) in [6.45, 7) is 4.96. The number of rotatable bonds is 4. The summed E-state index contributed by atoms with van der Waals surface area (Å²) in [5.74, 6) is -0.392. The molecule has 2 saturated heterocycles. The molecule has 2 aromatic carbocycles. The molecule has 3 aliphatic rings. The summed E-state index contributed by atoms with van der Waals surface area (Å²) in [5.41, 5.74) is 4.10. The molecule has 2 atom stereocenters. The SMILES string of the molecule is Cc1cc2c3c([nH]c2cc1F)C(c1ccccc1)N1C(=O)N(CCN2CCCC2)C(=O)C1C3. The molecule has 1 aromatic heterocycles. The van der Waals surface area contributed by atoms with Crippen molar-refractivity contribution >= 4 is 22.8 Å². The first kappa shape index (κ1) is 20.4. The molecule has 6 nitrogen and oxygen atoms in total. The minimum absolute atomic E-state index is 0.126. The molecule has 4 heterocycles. The van der Waals surface area contributed by atoms with E-state index < -0.39 is 12.1 Å². The summed E-state index contributed by atoms with van der Waals surface area (Å²) in [6.07, 6.45) is 2.79. The third-order valence-corrected chi connectivity index (χ3v) is 7.46. The van der Waals surface area contributed by atoms with Gasteiger partial charge in [-0.15, -0.1) is 0 Å². The van der Waals surface area contributed by atoms with Crippen molar-refractivity contribution in [1.82, 2.24) is 19.7 Å². The minimum Gasteiger partial charge on any atom is -0.356 e. The van der Waals surface area contributed by atoms with Crippen molar-refractivity contribution in [1.29, 1.82) is 0 Å². The van der Waals surface area contributed by atoms with Gasteiger partial charge in [-0.2, -0.15) is 0 Å². The third-order valence-electron chi connectivity index (χ3n) is 7.46. The Labute approximate surface area is 192 Å². The molecule has 33 heavy (non-hydrogen) atoms. The van der Waals surface area contributed by atoms with Gasteiger partial charge in [0.05, 0.1) is 0 Å². The highest BCUT2D eigenvalue weighted by atomic mass is 19.1. The van der Waals surface area contributed by atoms with Crippen LogP contribution in [-0.2, 0) is 11.2 Å². The van der Waals surface area contributed by atoms with E-state index in [9.17, 15) is 14.0 Å². The highest BCUT2D eigenvalue weighted by Crippen LogP contribution is 2.44. The van der Waals surface area contributed by atoms with Crippen molar-refractivity contribution in [2.45, 2.75) is 38.3 Å². The summed E-state index contributed by atoms with van der Waals surface area (Å²) in [6, 6.07) is 12.0. The number of imide groups is 1. The average molecular weight is 447 g/mol. The minimum atomic E-state index is -0.543. The fraction of sp³-hybridized carbons (Fsp3) is 0.385. The van der Waals surface area contributed by atoms with E-state index >= 15 is 0 Å². The average Bonchev–Trinajstić information content (AvgIpc) is 3.51. The van der Waals surface area contributed by atoms with E-state index in [1.165, 1.54) is 23.8 Å². The fourth-order valence-corrected chi connectivity index (χ4v) is 5.74. The first-order chi connectivity index (χ1) is 16.0. The van der Waals surface area contributed by atoms with Gasteiger partial charge in [0, 0.05) is 36.1 Å². The molecule has 3 aliphatic heterocycles. The van der Waals surface area contributed by atoms with Crippen molar-refractivity contribution in [3.8, 4) is 0 Å². The van der Waals surface area contributed by atoms with E-state index in [-0.39, 0.29) is 17.8 Å². The van der Waals surface area contributed by atoms with E-state index in [0.717, 1.165) is 41.8 Å². The van der Waals surface area contributed by atoms with Crippen LogP contribution >= 0.6 is 0 Å². The van der Waals surface area contributed by atoms with Gasteiger partial charge in [0.25, 0.3) is 5.91 Å². The number of aromatic amines is 1. The number of fused-ring (bicyclic) bond motifs is 4. The zero-order valence-corrected chi connectivity index (χ0v) is 18.7. The van der Waals surface area contributed by atoms with E-state index in [4.69, 9.17) is 0 Å². The second-order valence-electron chi connectivity index (χ2n) is 9.43. The fourth-order valence-electron chi connectivity index (χ4n) is 5.74. The number of carbonyl (C=O) groups is 2. The van der Waals surface area contributed by atoms with E-state index in [1.54, 1.807) is 11.8 Å². The molecule has 170 valence electrons. The molecule has 0 radical (unpaired) electrons. The molecule has 3 amide bonds. The van der Waals surface area contributed by atoms with E-state index in [2.05, 4.69) is 9.88 Å². The number of amides is 3. The lowest BCUT2D eigenvalue weighted by atomic mass is 9.88. The Kier molecular flexibility index (Phi) is 4.76. The highest BCUT2D eigenvalue weighted by molar-refractivity contribution is 6.05. The number of likely N-dealkylation sites (tertiary alicyclic amines) is 1. The Morgan fingerprint density at radius 2 is 1.82 bits per heavy atom. The number of benzene rings is 2. The van der Waals surface area contributed by atoms with Crippen molar-refractivity contribution < 1.29 is 14.0 Å². The number of nitrogens with zero attached hydrogens (tertiary/aromatic N) is 3. The normalized spacial score (nSPS) is 23.0. The van der Waals surface area contributed by atoms with Crippen LogP contribution < -0.4 is 0 Å². The smallest absolute Gasteiger partial charge is 0.328 e. The lowest BCUT2D eigenvalue weighted by Gasteiger charge is -2.36. The Balaban J connectivity index is 1.43. The first-order valence-corrected chi connectivity index (χ1v) is 11.7. The number of urea groups is 1. The van der Waals surface area contributed by atoms with Gasteiger partial charge in [0.2, 0.25) is 0 Å². The molecule has 6 rings (SSSR count). The molecule has 1 N–H and O–H groups in total. The van der Waals surface area contributed by atoms with Gasteiger partial charge < -0.3 is 9.88 Å². The summed E-state index contributed by atoms with van der Waals surface area (Å²) in [4.78, 5) is 36.0. The van der Waals surface area contributed by atoms with Crippen LogP contribution in [0.4, 0.5) is 9.18 Å². The largest absolute Gasteiger partial charge is 0.356 e. The summed E-state index contributed by atoms with van der Waals surface area (Å²) in [5, 5.41) is 0.931. The maximum atomic E-state index is 14.3. The van der Waals surface area contributed by atoms with Crippen LogP contribution in [0.5, 0.6) is 0 Å². The second-order valence-corrected chi connectivity index (χ2v) is 9.43. The van der Waals surface area contributed by atoms with E-state index in [0.29, 0.717) is 24.0 Å². The van der Waals surface area contributed by atoms with Gasteiger partial charge in [-0.25, -0.2) is 9.18 Å². The van der Waals surface area contributed by atoms with Crippen molar-refractivity contribution in [2.24, 2.45) is 0 Å². The first-order valence-electron chi connectivity index (χ1n) is 11.7. The van der Waals surface area contributed by atoms with Crippen LogP contribution in [0, 0.1) is 12.7 Å². The van der Waals surface area contributed by atoms with Gasteiger partial charge in [0.1, 0.15) is 17.9 Å². The molecule has 7 heteroatoms. The number of halogens is 1. The zero-order valence-electron chi connectivity index (χ0n) is 18.7. The molecular weight excluding hydrogens is 419 g/mol. The van der Waals surface area contributed by atoms with Gasteiger partial charge >= 0.3 is 6.03 Å². The van der Waals surface area contributed by atoms with Crippen LogP contribution in [0.2, 0.25) is 0 Å². The Bertz CT molecular complexity index is 1250. The predicted molar refractivity (Wildman–Crippen MR) is 123 cm³/mol. The number of nitrogens with one attached hydrogen (secondary N) is 1. The topological polar surface area (TPSA) is 59.7 Å². The quantitative estimate of drug-likeness (QED) is 0.617. The van der Waals surface area contributed by atoms with Crippen LogP contribution in [-0.4, -0.2) is 63.8 Å². The number of aromatic nitrogens is 1. The standard InChI is InChI=1S/C26H27FN4O2/c1-16-13-18-19-14-22-25(32)30(12-11-29-9-5-6-10-29)26(33)31(22)24(17-7-3-2-4-8-17)23(19)28-21(18)15-20(16)27/h2-4,7-8,13,15,22,24,28H,5-6,9-12,14H2,1H3. The van der Waals surface area contributed by atoms with Crippen molar-refractivity contribution in [3.63, 3.8) is 0 Å². The number of aryl methyl sites for hydroxylation is 1. The Morgan fingerprint density at radius 1 is 1.06 bits per heavy atom. The molecule has 2 fully saturated rings. The van der Waals surface area contributed by atoms with Crippen LogP contribution in [0.15, 0.2) is 42.5 Å². The van der Waals surface area contributed by atoms with E-state index in [1.807, 2.05) is 36.4 Å². The number of H-pyrrole nitrogens is 1. The monoisotopic (exact) mass is 446 g/mol. The maximum absolute atomic E-state index is 14.3. The van der Waals surface area contributed by atoms with Gasteiger partial charge in [-0.1, -0.05) is 30.3 Å². The third kappa shape index (κ3) is 3.17. The lowest BCUT2D eigenvalue weighted by Crippen LogP contribution is -2.44. The number of carbonyl (C=O) groups excluding carboxylic acids is 2. The molecule has 0 saturated carbocycles. The summed E-state index contributed by atoms with van der Waals surface area (Å²) >= 11 is 0. The van der Waals surface area contributed by atoms with Gasteiger partial charge in [-0.05, 0) is 61.7 Å². The summed E-state index contributed by atoms with van der Waals surface area (Å²) < 4.78 is 14.3. The van der Waals surface area contributed by atoms with Crippen LogP contribution in [0.25, 0.3) is 10.9 Å². The molecule has 0 bridgehead atoms. The number of hydrogen-bond acceptors (Lipinski definition) is 3. The number of hydrogen-bond donors (Lipinski definition) is 1. The maximum Gasteiger partial charge on any atom is 0.328 e. The van der Waals surface area contributed by atoms with Crippen LogP contribution in [0.3, 0.4) is 0 Å². The van der Waals surface area contributed by atoms with Gasteiger partial charge in [-0.3, -0.25) is 14.6 Å². The molecule has 2 unspecified atom stereocenters. The van der Waals surface area contributed by atoms with Gasteiger partial charge in [0.15, 0.2) is 0 Å². The Morgan fingerprint density at radius 3 is 2.58 bits per heavy atom. The second kappa shape index (κ2) is 7.70. The zero-order chi connectivity index (χ0) is 22.7. The predicted octanol–water partition coefficient (Wildman–Crippen LogP) is 3.99. The molecule has 0 aliphatic carbocycles. The van der Waals surface area contributed by atoms with Crippen molar-refractivity contribution in [2.75, 3.05) is 26.2 Å². The summed E-state index contributed by atoms with van der Waals surface area (Å²) in [7, 11) is 0. The van der Waals surface area contributed by atoms with Crippen molar-refractivity contribution in [3.05, 3.63) is 70.7 Å². The molecule has 3 aromatic rings.